The van der Waals surface area contributed by atoms with Crippen LogP contribution in [0.5, 0.6) is 5.88 Å². The van der Waals surface area contributed by atoms with Crippen LogP contribution in [0.15, 0.2) is 40.7 Å². The predicted molar refractivity (Wildman–Crippen MR) is 103 cm³/mol. The summed E-state index contributed by atoms with van der Waals surface area (Å²) in [6.07, 6.45) is 4.96. The van der Waals surface area contributed by atoms with Gasteiger partial charge in [0.05, 0.1) is 18.4 Å². The molecule has 2 aromatic heterocycles. The van der Waals surface area contributed by atoms with Gasteiger partial charge in [-0.3, -0.25) is 14.5 Å². The number of carbonyl (C=O) groups is 1. The highest BCUT2D eigenvalue weighted by Crippen LogP contribution is 2.13. The number of rotatable bonds is 7. The molecule has 2 aromatic rings. The van der Waals surface area contributed by atoms with Crippen LogP contribution in [0.1, 0.15) is 19.4 Å². The number of aliphatic imine (C=N–C) groups is 2. The van der Waals surface area contributed by atoms with Crippen LogP contribution in [-0.4, -0.2) is 59.1 Å². The molecule has 8 nitrogen and oxygen atoms in total. The minimum absolute atomic E-state index is 0.0342. The zero-order chi connectivity index (χ0) is 19.8. The fourth-order valence-electron chi connectivity index (χ4n) is 2.36. The standard InChI is InChI=1S/C18H23FN6O2/c1-13(11-25(14(2)26)16-10-22-24(4)12-16)23-18(20-3)15-5-6-17(21-9-15)27-8-7-19/h5-6,9-10,12H,7-8,11H2,1-4H3/b20-18-,23-13+. The number of ether oxygens (including phenoxy) is 1. The molecule has 144 valence electrons. The molecule has 0 bridgehead atoms. The molecule has 0 aromatic carbocycles. The molecular weight excluding hydrogens is 351 g/mol. The van der Waals surface area contributed by atoms with E-state index in [9.17, 15) is 9.18 Å². The molecule has 0 radical (unpaired) electrons. The summed E-state index contributed by atoms with van der Waals surface area (Å²) in [5.41, 5.74) is 2.10. The van der Waals surface area contributed by atoms with Gasteiger partial charge in [-0.25, -0.2) is 14.4 Å². The Labute approximate surface area is 157 Å². The molecule has 0 saturated carbocycles. The summed E-state index contributed by atoms with van der Waals surface area (Å²) < 4.78 is 18.9. The first-order valence-corrected chi connectivity index (χ1v) is 8.37. The van der Waals surface area contributed by atoms with Gasteiger partial charge in [-0.2, -0.15) is 5.10 Å². The molecule has 0 aliphatic carbocycles. The largest absolute Gasteiger partial charge is 0.475 e. The number of pyridine rings is 1. The Hall–Kier alpha value is -3.10. The molecule has 0 saturated heterocycles. The average Bonchev–Trinajstić information content (AvgIpc) is 3.08. The van der Waals surface area contributed by atoms with Crippen molar-refractivity contribution in [2.24, 2.45) is 17.0 Å². The highest BCUT2D eigenvalue weighted by Gasteiger charge is 2.15. The number of amidine groups is 1. The topological polar surface area (TPSA) is 85.0 Å². The first kappa shape index (κ1) is 20.2. The number of amides is 1. The fourth-order valence-corrected chi connectivity index (χ4v) is 2.36. The predicted octanol–water partition coefficient (Wildman–Crippen LogP) is 2.05. The van der Waals surface area contributed by atoms with Crippen molar-refractivity contribution in [1.29, 1.82) is 0 Å². The van der Waals surface area contributed by atoms with Gasteiger partial charge in [0.1, 0.15) is 13.3 Å². The minimum Gasteiger partial charge on any atom is -0.475 e. The second-order valence-corrected chi connectivity index (χ2v) is 5.79. The van der Waals surface area contributed by atoms with Gasteiger partial charge < -0.3 is 9.64 Å². The van der Waals surface area contributed by atoms with Crippen molar-refractivity contribution in [3.8, 4) is 5.88 Å². The van der Waals surface area contributed by atoms with Crippen molar-refractivity contribution >= 4 is 23.1 Å². The summed E-state index contributed by atoms with van der Waals surface area (Å²) in [6, 6.07) is 3.39. The number of hydrogen-bond acceptors (Lipinski definition) is 5. The van der Waals surface area contributed by atoms with Gasteiger partial charge in [0.25, 0.3) is 0 Å². The van der Waals surface area contributed by atoms with Crippen LogP contribution in [0.4, 0.5) is 10.1 Å². The molecular formula is C18H23FN6O2. The van der Waals surface area contributed by atoms with E-state index in [0.717, 1.165) is 0 Å². The van der Waals surface area contributed by atoms with Crippen molar-refractivity contribution < 1.29 is 13.9 Å². The van der Waals surface area contributed by atoms with E-state index in [-0.39, 0.29) is 12.5 Å². The third kappa shape index (κ3) is 5.70. The van der Waals surface area contributed by atoms with E-state index in [4.69, 9.17) is 4.74 Å². The van der Waals surface area contributed by atoms with Crippen molar-refractivity contribution in [2.45, 2.75) is 13.8 Å². The lowest BCUT2D eigenvalue weighted by atomic mass is 10.2. The minimum atomic E-state index is -0.571. The van der Waals surface area contributed by atoms with Crippen LogP contribution in [-0.2, 0) is 11.8 Å². The van der Waals surface area contributed by atoms with E-state index in [1.807, 2.05) is 6.92 Å². The van der Waals surface area contributed by atoms with Gasteiger partial charge >= 0.3 is 0 Å². The molecule has 0 aliphatic rings. The van der Waals surface area contributed by atoms with Crippen LogP contribution >= 0.6 is 0 Å². The van der Waals surface area contributed by atoms with Crippen molar-refractivity contribution in [2.75, 3.05) is 31.8 Å². The van der Waals surface area contributed by atoms with E-state index in [2.05, 4.69) is 20.1 Å². The zero-order valence-electron chi connectivity index (χ0n) is 15.9. The number of halogens is 1. The van der Waals surface area contributed by atoms with E-state index in [1.165, 1.54) is 6.92 Å². The number of alkyl halides is 1. The zero-order valence-corrected chi connectivity index (χ0v) is 15.9. The third-order valence-electron chi connectivity index (χ3n) is 3.60. The molecule has 1 amide bonds. The Balaban J connectivity index is 2.15. The quantitative estimate of drug-likeness (QED) is 0.548. The van der Waals surface area contributed by atoms with Crippen LogP contribution in [0.2, 0.25) is 0 Å². The van der Waals surface area contributed by atoms with Gasteiger partial charge in [-0.05, 0) is 13.0 Å². The maximum Gasteiger partial charge on any atom is 0.224 e. The summed E-state index contributed by atoms with van der Waals surface area (Å²) in [4.78, 5) is 26.4. The molecule has 0 N–H and O–H groups in total. The molecule has 9 heteroatoms. The first-order valence-electron chi connectivity index (χ1n) is 8.37. The van der Waals surface area contributed by atoms with Crippen LogP contribution in [0, 0.1) is 0 Å². The second kappa shape index (κ2) is 9.56. The lowest BCUT2D eigenvalue weighted by molar-refractivity contribution is -0.116. The molecule has 0 spiro atoms. The number of aryl methyl sites for hydroxylation is 1. The fraction of sp³-hybridized carbons (Fsp3) is 0.389. The maximum atomic E-state index is 12.1. The van der Waals surface area contributed by atoms with Crippen LogP contribution in [0.25, 0.3) is 0 Å². The van der Waals surface area contributed by atoms with Crippen LogP contribution < -0.4 is 9.64 Å². The summed E-state index contributed by atoms with van der Waals surface area (Å²) in [6.45, 7) is 3.02. The smallest absolute Gasteiger partial charge is 0.224 e. The molecule has 0 aliphatic heterocycles. The molecule has 2 heterocycles. The SMILES string of the molecule is C/N=C(\N=C(/C)CN(C(C)=O)c1cnn(C)c1)c1ccc(OCCF)nc1. The molecule has 0 unspecified atom stereocenters. The Kier molecular flexibility index (Phi) is 7.16. The van der Waals surface area contributed by atoms with E-state index >= 15 is 0 Å². The summed E-state index contributed by atoms with van der Waals surface area (Å²) >= 11 is 0. The monoisotopic (exact) mass is 374 g/mol. The number of hydrogen-bond donors (Lipinski definition) is 0. The lowest BCUT2D eigenvalue weighted by Crippen LogP contribution is -2.33. The Morgan fingerprint density at radius 2 is 2.11 bits per heavy atom. The summed E-state index contributed by atoms with van der Waals surface area (Å²) in [5, 5.41) is 4.10. The number of aromatic nitrogens is 3. The third-order valence-corrected chi connectivity index (χ3v) is 3.60. The van der Waals surface area contributed by atoms with Gasteiger partial charge in [-0.1, -0.05) is 0 Å². The Bertz CT molecular complexity index is 829. The summed E-state index contributed by atoms with van der Waals surface area (Å²) in [5.74, 6) is 0.710. The van der Waals surface area contributed by atoms with Crippen molar-refractivity contribution in [3.05, 3.63) is 36.3 Å². The van der Waals surface area contributed by atoms with Crippen molar-refractivity contribution in [1.82, 2.24) is 14.8 Å². The summed E-state index contributed by atoms with van der Waals surface area (Å²) in [7, 11) is 3.42. The van der Waals surface area contributed by atoms with E-state index < -0.39 is 6.67 Å². The second-order valence-electron chi connectivity index (χ2n) is 5.79. The average molecular weight is 374 g/mol. The molecule has 0 fully saturated rings. The highest BCUT2D eigenvalue weighted by molar-refractivity contribution is 6.08. The number of carbonyl (C=O) groups excluding carboxylic acids is 1. The molecule has 27 heavy (non-hydrogen) atoms. The first-order chi connectivity index (χ1) is 12.9. The molecule has 2 rings (SSSR count). The van der Waals surface area contributed by atoms with Crippen LogP contribution in [0.3, 0.4) is 0 Å². The van der Waals surface area contributed by atoms with Gasteiger partial charge in [0.15, 0.2) is 5.84 Å². The Morgan fingerprint density at radius 1 is 1.33 bits per heavy atom. The lowest BCUT2D eigenvalue weighted by Gasteiger charge is -2.19. The van der Waals surface area contributed by atoms with Gasteiger partial charge in [-0.15, -0.1) is 0 Å². The maximum absolute atomic E-state index is 12.1. The number of anilines is 1. The van der Waals surface area contributed by atoms with E-state index in [0.29, 0.717) is 35.2 Å². The van der Waals surface area contributed by atoms with Crippen molar-refractivity contribution in [3.63, 3.8) is 0 Å². The van der Waals surface area contributed by atoms with Gasteiger partial charge in [0, 0.05) is 50.8 Å². The highest BCUT2D eigenvalue weighted by atomic mass is 19.1. The normalized spacial score (nSPS) is 12.2. The Morgan fingerprint density at radius 3 is 2.63 bits per heavy atom. The molecule has 0 atom stereocenters. The van der Waals surface area contributed by atoms with Gasteiger partial charge in [0.2, 0.25) is 11.8 Å². The van der Waals surface area contributed by atoms with E-state index in [1.54, 1.807) is 54.4 Å². The number of nitrogens with zero attached hydrogens (tertiary/aromatic N) is 6.